The Morgan fingerprint density at radius 2 is 2.08 bits per heavy atom. The van der Waals surface area contributed by atoms with Crippen LogP contribution in [0.15, 0.2) is 18.3 Å². The van der Waals surface area contributed by atoms with Crippen LogP contribution < -0.4 is 0 Å². The molecular weight excluding hydrogens is 150 g/mol. The Kier molecular flexibility index (Phi) is 2.82. The molecule has 2 nitrogen and oxygen atoms in total. The van der Waals surface area contributed by atoms with Crippen LogP contribution in [-0.2, 0) is 0 Å². The van der Waals surface area contributed by atoms with Crippen molar-refractivity contribution >= 4 is 0 Å². The van der Waals surface area contributed by atoms with Crippen molar-refractivity contribution in [3.05, 3.63) is 29.6 Å². The fourth-order valence-electron chi connectivity index (χ4n) is 1.24. The third-order valence-corrected chi connectivity index (χ3v) is 2.26. The summed E-state index contributed by atoms with van der Waals surface area (Å²) in [7, 11) is 0. The van der Waals surface area contributed by atoms with Crippen molar-refractivity contribution in [3.8, 4) is 0 Å². The average molecular weight is 165 g/mol. The maximum atomic E-state index is 9.37. The summed E-state index contributed by atoms with van der Waals surface area (Å²) < 4.78 is 0. The molecule has 0 fully saturated rings. The highest BCUT2D eigenvalue weighted by Gasteiger charge is 2.13. The number of rotatable bonds is 2. The SMILES string of the molecule is Cc1ncccc1C(C)C(C)O. The maximum absolute atomic E-state index is 9.37. The molecule has 66 valence electrons. The van der Waals surface area contributed by atoms with E-state index < -0.39 is 0 Å². The number of nitrogens with zero attached hydrogens (tertiary/aromatic N) is 1. The first-order valence-electron chi connectivity index (χ1n) is 4.22. The summed E-state index contributed by atoms with van der Waals surface area (Å²) >= 11 is 0. The second-order valence-corrected chi connectivity index (χ2v) is 3.21. The lowest BCUT2D eigenvalue weighted by molar-refractivity contribution is 0.168. The molecule has 0 saturated carbocycles. The van der Waals surface area contributed by atoms with Gasteiger partial charge in [-0.1, -0.05) is 13.0 Å². The molecule has 0 aliphatic carbocycles. The summed E-state index contributed by atoms with van der Waals surface area (Å²) in [5, 5.41) is 9.37. The number of aryl methyl sites for hydroxylation is 1. The molecule has 1 rings (SSSR count). The number of aliphatic hydroxyl groups is 1. The fraction of sp³-hybridized carbons (Fsp3) is 0.500. The van der Waals surface area contributed by atoms with Crippen LogP contribution in [0.3, 0.4) is 0 Å². The largest absolute Gasteiger partial charge is 0.393 e. The van der Waals surface area contributed by atoms with E-state index in [2.05, 4.69) is 4.98 Å². The Hall–Kier alpha value is -0.890. The summed E-state index contributed by atoms with van der Waals surface area (Å²) in [5.41, 5.74) is 2.14. The Balaban J connectivity index is 2.94. The molecule has 1 heterocycles. The minimum absolute atomic E-state index is 0.165. The van der Waals surface area contributed by atoms with Crippen molar-refractivity contribution in [1.82, 2.24) is 4.98 Å². The van der Waals surface area contributed by atoms with E-state index in [9.17, 15) is 5.11 Å². The van der Waals surface area contributed by atoms with E-state index in [4.69, 9.17) is 0 Å². The maximum Gasteiger partial charge on any atom is 0.0578 e. The zero-order valence-electron chi connectivity index (χ0n) is 7.78. The van der Waals surface area contributed by atoms with Crippen LogP contribution in [0.25, 0.3) is 0 Å². The van der Waals surface area contributed by atoms with Crippen molar-refractivity contribution in [1.29, 1.82) is 0 Å². The highest BCUT2D eigenvalue weighted by Crippen LogP contribution is 2.20. The van der Waals surface area contributed by atoms with Gasteiger partial charge in [0.25, 0.3) is 0 Å². The van der Waals surface area contributed by atoms with Crippen molar-refractivity contribution in [2.45, 2.75) is 32.8 Å². The predicted molar refractivity (Wildman–Crippen MR) is 49.1 cm³/mol. The van der Waals surface area contributed by atoms with Crippen LogP contribution >= 0.6 is 0 Å². The molecule has 1 aromatic rings. The molecule has 0 aliphatic heterocycles. The topological polar surface area (TPSA) is 33.1 Å². The van der Waals surface area contributed by atoms with Crippen LogP contribution in [0.5, 0.6) is 0 Å². The minimum Gasteiger partial charge on any atom is -0.393 e. The lowest BCUT2D eigenvalue weighted by atomic mass is 9.95. The number of aliphatic hydroxyl groups excluding tert-OH is 1. The molecule has 0 amide bonds. The zero-order valence-corrected chi connectivity index (χ0v) is 7.78. The van der Waals surface area contributed by atoms with Gasteiger partial charge in [0.15, 0.2) is 0 Å². The van der Waals surface area contributed by atoms with E-state index in [1.165, 1.54) is 0 Å². The van der Waals surface area contributed by atoms with Crippen molar-refractivity contribution in [2.75, 3.05) is 0 Å². The first kappa shape index (κ1) is 9.20. The Bertz CT molecular complexity index is 258. The van der Waals surface area contributed by atoms with E-state index in [-0.39, 0.29) is 12.0 Å². The molecule has 2 heteroatoms. The summed E-state index contributed by atoms with van der Waals surface area (Å²) in [6.45, 7) is 5.78. The van der Waals surface area contributed by atoms with Crippen molar-refractivity contribution < 1.29 is 5.11 Å². The number of pyridine rings is 1. The van der Waals surface area contributed by atoms with Crippen molar-refractivity contribution in [3.63, 3.8) is 0 Å². The highest BCUT2D eigenvalue weighted by atomic mass is 16.3. The molecule has 1 aromatic heterocycles. The summed E-state index contributed by atoms with van der Waals surface area (Å²) in [6.07, 6.45) is 1.46. The van der Waals surface area contributed by atoms with Gasteiger partial charge in [0.05, 0.1) is 6.10 Å². The smallest absolute Gasteiger partial charge is 0.0578 e. The Morgan fingerprint density at radius 3 is 2.58 bits per heavy atom. The van der Waals surface area contributed by atoms with E-state index >= 15 is 0 Å². The number of hydrogen-bond donors (Lipinski definition) is 1. The zero-order chi connectivity index (χ0) is 9.14. The van der Waals surface area contributed by atoms with E-state index in [1.807, 2.05) is 26.0 Å². The normalized spacial score (nSPS) is 15.7. The van der Waals surface area contributed by atoms with E-state index in [1.54, 1.807) is 13.1 Å². The molecule has 2 atom stereocenters. The monoisotopic (exact) mass is 165 g/mol. The molecule has 1 N–H and O–H groups in total. The number of hydrogen-bond acceptors (Lipinski definition) is 2. The lowest BCUT2D eigenvalue weighted by Crippen LogP contribution is -2.12. The second-order valence-electron chi connectivity index (χ2n) is 3.21. The Labute approximate surface area is 73.3 Å². The molecule has 12 heavy (non-hydrogen) atoms. The third kappa shape index (κ3) is 1.83. The summed E-state index contributed by atoms with van der Waals surface area (Å²) in [6, 6.07) is 3.92. The molecule has 2 unspecified atom stereocenters. The highest BCUT2D eigenvalue weighted by molar-refractivity contribution is 5.23. The lowest BCUT2D eigenvalue weighted by Gasteiger charge is -2.16. The van der Waals surface area contributed by atoms with Crippen LogP contribution in [0.1, 0.15) is 31.0 Å². The van der Waals surface area contributed by atoms with Crippen LogP contribution in [-0.4, -0.2) is 16.2 Å². The van der Waals surface area contributed by atoms with Gasteiger partial charge in [-0.25, -0.2) is 0 Å². The standard InChI is InChI=1S/C10H15NO/c1-7(9(3)12)10-5-4-6-11-8(10)2/h4-7,9,12H,1-3H3. The Morgan fingerprint density at radius 1 is 1.42 bits per heavy atom. The first-order chi connectivity index (χ1) is 5.63. The second kappa shape index (κ2) is 3.68. The van der Waals surface area contributed by atoms with Crippen LogP contribution in [0, 0.1) is 6.92 Å². The summed E-state index contributed by atoms with van der Waals surface area (Å²) in [4.78, 5) is 4.17. The average Bonchev–Trinajstić information content (AvgIpc) is 2.04. The van der Waals surface area contributed by atoms with Gasteiger partial charge in [-0.2, -0.15) is 0 Å². The van der Waals surface area contributed by atoms with Gasteiger partial charge in [-0.3, -0.25) is 4.98 Å². The van der Waals surface area contributed by atoms with Crippen LogP contribution in [0.4, 0.5) is 0 Å². The van der Waals surface area contributed by atoms with Gasteiger partial charge in [0.2, 0.25) is 0 Å². The summed E-state index contributed by atoms with van der Waals surface area (Å²) in [5.74, 6) is 0.165. The van der Waals surface area contributed by atoms with E-state index in [0.717, 1.165) is 11.3 Å². The molecule has 0 spiro atoms. The molecular formula is C10H15NO. The molecule has 0 saturated heterocycles. The van der Waals surface area contributed by atoms with Gasteiger partial charge < -0.3 is 5.11 Å². The van der Waals surface area contributed by atoms with Crippen LogP contribution in [0.2, 0.25) is 0 Å². The third-order valence-electron chi connectivity index (χ3n) is 2.26. The van der Waals surface area contributed by atoms with Gasteiger partial charge in [0, 0.05) is 17.8 Å². The molecule has 0 aliphatic rings. The molecule has 0 radical (unpaired) electrons. The van der Waals surface area contributed by atoms with Gasteiger partial charge in [0.1, 0.15) is 0 Å². The van der Waals surface area contributed by atoms with Crippen molar-refractivity contribution in [2.24, 2.45) is 0 Å². The molecule has 0 bridgehead atoms. The first-order valence-corrected chi connectivity index (χ1v) is 4.22. The van der Waals surface area contributed by atoms with E-state index in [0.29, 0.717) is 0 Å². The van der Waals surface area contributed by atoms with Gasteiger partial charge in [-0.15, -0.1) is 0 Å². The minimum atomic E-state index is -0.312. The van der Waals surface area contributed by atoms with Gasteiger partial charge in [-0.05, 0) is 25.5 Å². The molecule has 0 aromatic carbocycles. The quantitative estimate of drug-likeness (QED) is 0.725. The van der Waals surface area contributed by atoms with Gasteiger partial charge >= 0.3 is 0 Å². The fourth-order valence-corrected chi connectivity index (χ4v) is 1.24. The number of aromatic nitrogens is 1. The predicted octanol–water partition coefficient (Wildman–Crippen LogP) is 1.87.